The molecule has 1 aromatic heterocycles. The minimum atomic E-state index is -1.05. The van der Waals surface area contributed by atoms with E-state index < -0.39 is 29.5 Å². The molecule has 3 N–H and O–H groups in total. The van der Waals surface area contributed by atoms with Gasteiger partial charge in [0.05, 0.1) is 30.0 Å². The average molecular weight is 481 g/mol. The van der Waals surface area contributed by atoms with E-state index in [1.54, 1.807) is 0 Å². The van der Waals surface area contributed by atoms with E-state index in [0.29, 0.717) is 16.6 Å². The van der Waals surface area contributed by atoms with Gasteiger partial charge in [-0.1, -0.05) is 11.6 Å². The maximum Gasteiger partial charge on any atom is 0.322 e. The summed E-state index contributed by atoms with van der Waals surface area (Å²) in [5.74, 6) is -2.61. The van der Waals surface area contributed by atoms with E-state index in [4.69, 9.17) is 26.8 Å². The smallest absolute Gasteiger partial charge is 0.322 e. The molecule has 0 saturated heterocycles. The van der Waals surface area contributed by atoms with Gasteiger partial charge in [-0.2, -0.15) is 0 Å². The third-order valence-electron chi connectivity index (χ3n) is 5.29. The first-order valence-corrected chi connectivity index (χ1v) is 10.4. The third kappa shape index (κ3) is 4.54. The predicted molar refractivity (Wildman–Crippen MR) is 117 cm³/mol. The maximum atomic E-state index is 14.2. The van der Waals surface area contributed by atoms with Crippen molar-refractivity contribution in [3.63, 3.8) is 0 Å². The number of fused-ring (bicyclic) bond motifs is 3. The number of hydrogen-bond acceptors (Lipinski definition) is 5. The van der Waals surface area contributed by atoms with Gasteiger partial charge in [0, 0.05) is 30.2 Å². The molecule has 0 fully saturated rings. The summed E-state index contributed by atoms with van der Waals surface area (Å²) in [6.45, 7) is 0.536. The van der Waals surface area contributed by atoms with Crippen LogP contribution in [0.25, 0.3) is 10.8 Å². The summed E-state index contributed by atoms with van der Waals surface area (Å²) >= 11 is 5.78. The Morgan fingerprint density at radius 1 is 1.24 bits per heavy atom. The van der Waals surface area contributed by atoms with Gasteiger partial charge in [0.1, 0.15) is 12.4 Å². The van der Waals surface area contributed by atoms with Crippen molar-refractivity contribution in [3.05, 3.63) is 64.1 Å². The Bertz CT molecular complexity index is 1230. The summed E-state index contributed by atoms with van der Waals surface area (Å²) < 4.78 is 52.9. The number of nitrogens with two attached hydrogens (primary N) is 1. The number of benzene rings is 2. The number of carbonyl (C=O) groups is 1. The summed E-state index contributed by atoms with van der Waals surface area (Å²) in [6, 6.07) is 4.64. The second-order valence-corrected chi connectivity index (χ2v) is 7.83. The molecule has 0 spiro atoms. The van der Waals surface area contributed by atoms with Gasteiger partial charge >= 0.3 is 6.03 Å². The second-order valence-electron chi connectivity index (χ2n) is 7.43. The number of hydrogen-bond donors (Lipinski definition) is 2. The number of pyridine rings is 1. The lowest BCUT2D eigenvalue weighted by atomic mass is 9.95. The maximum absolute atomic E-state index is 14.2. The lowest BCUT2D eigenvalue weighted by Crippen LogP contribution is -2.39. The van der Waals surface area contributed by atoms with Crippen LogP contribution in [0.1, 0.15) is 17.3 Å². The highest BCUT2D eigenvalue weighted by Crippen LogP contribution is 2.38. The van der Waals surface area contributed by atoms with Crippen LogP contribution < -0.4 is 15.8 Å². The van der Waals surface area contributed by atoms with Crippen LogP contribution in [0.4, 0.5) is 23.7 Å². The van der Waals surface area contributed by atoms with E-state index in [1.807, 2.05) is 0 Å². The summed E-state index contributed by atoms with van der Waals surface area (Å²) in [6.07, 6.45) is 0. The van der Waals surface area contributed by atoms with Gasteiger partial charge < -0.3 is 25.4 Å². The van der Waals surface area contributed by atoms with Crippen molar-refractivity contribution >= 4 is 34.1 Å². The van der Waals surface area contributed by atoms with Crippen LogP contribution in [0.3, 0.4) is 0 Å². The number of carbonyl (C=O) groups excluding carboxylic acids is 1. The molecule has 0 bridgehead atoms. The lowest BCUT2D eigenvalue weighted by Gasteiger charge is -2.34. The Labute approximate surface area is 192 Å². The molecule has 4 rings (SSSR count). The van der Waals surface area contributed by atoms with Crippen molar-refractivity contribution < 1.29 is 27.4 Å². The van der Waals surface area contributed by atoms with Crippen molar-refractivity contribution in [1.82, 2.24) is 9.88 Å². The highest BCUT2D eigenvalue weighted by Gasteiger charge is 2.32. The number of likely N-dealkylation sites (N-methyl/N-ethyl adjacent to an activating group) is 1. The first-order valence-electron chi connectivity index (χ1n) is 10.0. The molecule has 7 nitrogen and oxygen atoms in total. The molecule has 0 radical (unpaired) electrons. The van der Waals surface area contributed by atoms with Crippen molar-refractivity contribution in [2.75, 3.05) is 32.1 Å². The van der Waals surface area contributed by atoms with Crippen LogP contribution in [0, 0.1) is 17.5 Å². The van der Waals surface area contributed by atoms with Gasteiger partial charge in [0.25, 0.3) is 0 Å². The molecule has 2 amide bonds. The predicted octanol–water partition coefficient (Wildman–Crippen LogP) is 4.38. The molecule has 3 aromatic rings. The van der Waals surface area contributed by atoms with Crippen LogP contribution in [0.2, 0.25) is 5.02 Å². The van der Waals surface area contributed by atoms with E-state index in [0.717, 1.165) is 18.2 Å². The van der Waals surface area contributed by atoms with Crippen molar-refractivity contribution in [1.29, 1.82) is 0 Å². The minimum absolute atomic E-state index is 0.0971. The van der Waals surface area contributed by atoms with Crippen molar-refractivity contribution in [2.45, 2.75) is 12.6 Å². The average Bonchev–Trinajstić information content (AvgIpc) is 2.80. The van der Waals surface area contributed by atoms with E-state index in [-0.39, 0.29) is 48.3 Å². The SMILES string of the molecule is CN(C(=O)Nc1ccc(F)c(Cl)c1)[C@@H]1COCc2nc(OCCN)c3cc(F)c(F)cc3c21. The number of nitrogens with one attached hydrogen (secondary N) is 1. The van der Waals surface area contributed by atoms with Gasteiger partial charge in [-0.25, -0.2) is 22.9 Å². The fourth-order valence-corrected chi connectivity index (χ4v) is 3.86. The lowest BCUT2D eigenvalue weighted by molar-refractivity contribution is 0.0524. The van der Waals surface area contributed by atoms with E-state index in [1.165, 1.54) is 24.1 Å². The highest BCUT2D eigenvalue weighted by atomic mass is 35.5. The molecule has 2 heterocycles. The number of amides is 2. The third-order valence-corrected chi connectivity index (χ3v) is 5.58. The Hall–Kier alpha value is -3.08. The van der Waals surface area contributed by atoms with Gasteiger partial charge in [-0.05, 0) is 35.7 Å². The zero-order valence-electron chi connectivity index (χ0n) is 17.5. The molecule has 1 aliphatic heterocycles. The van der Waals surface area contributed by atoms with Crippen molar-refractivity contribution in [3.8, 4) is 5.88 Å². The zero-order chi connectivity index (χ0) is 23.7. The molecule has 174 valence electrons. The molecule has 0 aliphatic carbocycles. The first kappa shape index (κ1) is 23.1. The Morgan fingerprint density at radius 3 is 2.67 bits per heavy atom. The van der Waals surface area contributed by atoms with Crippen LogP contribution in [-0.2, 0) is 11.3 Å². The monoisotopic (exact) mass is 480 g/mol. The molecule has 1 aliphatic rings. The number of urea groups is 1. The summed E-state index contributed by atoms with van der Waals surface area (Å²) in [4.78, 5) is 18.7. The molecule has 0 saturated carbocycles. The number of aromatic nitrogens is 1. The minimum Gasteiger partial charge on any atom is -0.476 e. The van der Waals surface area contributed by atoms with Crippen LogP contribution in [0.5, 0.6) is 5.88 Å². The van der Waals surface area contributed by atoms with E-state index >= 15 is 0 Å². The quantitative estimate of drug-likeness (QED) is 0.565. The Kier molecular flexibility index (Phi) is 6.59. The fourth-order valence-electron chi connectivity index (χ4n) is 3.68. The normalized spacial score (nSPS) is 15.3. The van der Waals surface area contributed by atoms with E-state index in [2.05, 4.69) is 10.3 Å². The highest BCUT2D eigenvalue weighted by molar-refractivity contribution is 6.31. The van der Waals surface area contributed by atoms with Crippen LogP contribution >= 0.6 is 11.6 Å². The summed E-state index contributed by atoms with van der Waals surface area (Å²) in [7, 11) is 1.52. The number of rotatable bonds is 5. The largest absolute Gasteiger partial charge is 0.476 e. The molecular formula is C22H20ClF3N4O3. The number of halogens is 4. The number of nitrogens with zero attached hydrogens (tertiary/aromatic N) is 2. The van der Waals surface area contributed by atoms with Gasteiger partial charge in [0.15, 0.2) is 11.6 Å². The number of ether oxygens (including phenoxy) is 2. The molecular weight excluding hydrogens is 461 g/mol. The number of anilines is 1. The van der Waals surface area contributed by atoms with Crippen molar-refractivity contribution in [2.24, 2.45) is 5.73 Å². The zero-order valence-corrected chi connectivity index (χ0v) is 18.3. The van der Waals surface area contributed by atoms with Crippen LogP contribution in [0.15, 0.2) is 30.3 Å². The summed E-state index contributed by atoms with van der Waals surface area (Å²) in [5, 5.41) is 3.10. The molecule has 33 heavy (non-hydrogen) atoms. The second kappa shape index (κ2) is 9.42. The molecule has 11 heteroatoms. The molecule has 0 unspecified atom stereocenters. The Morgan fingerprint density at radius 2 is 1.97 bits per heavy atom. The standard InChI is InChI=1S/C22H20ClF3N4O3/c1-30(22(31)28-11-2-3-15(24)14(23)6-11)19-10-32-9-18-20(19)12-7-16(25)17(26)8-13(12)21(29-18)33-5-4-27/h2-3,6-8,19H,4-5,9-10,27H2,1H3,(H,28,31)/t19-/m1/s1. The molecule has 2 aromatic carbocycles. The van der Waals surface area contributed by atoms with Gasteiger partial charge in [0.2, 0.25) is 5.88 Å². The molecule has 1 atom stereocenters. The summed E-state index contributed by atoms with van der Waals surface area (Å²) in [5.41, 5.74) is 6.74. The fraction of sp³-hybridized carbons (Fsp3) is 0.273. The van der Waals surface area contributed by atoms with Crippen LogP contribution in [-0.4, -0.2) is 42.7 Å². The topological polar surface area (TPSA) is 89.7 Å². The van der Waals surface area contributed by atoms with E-state index in [9.17, 15) is 18.0 Å². The first-order chi connectivity index (χ1) is 15.8. The van der Waals surface area contributed by atoms with Gasteiger partial charge in [-0.3, -0.25) is 0 Å². The Balaban J connectivity index is 1.74. The van der Waals surface area contributed by atoms with Gasteiger partial charge in [-0.15, -0.1) is 0 Å².